The average Bonchev–Trinajstić information content (AvgIpc) is 2.44. The molecule has 1 aromatic carbocycles. The van der Waals surface area contributed by atoms with Crippen LogP contribution in [-0.4, -0.2) is 31.0 Å². The molecule has 0 fully saturated rings. The van der Waals surface area contributed by atoms with Crippen LogP contribution >= 0.6 is 0 Å². The number of nitrogens with one attached hydrogen (secondary N) is 1. The topological polar surface area (TPSA) is 50.7 Å². The fourth-order valence-corrected chi connectivity index (χ4v) is 1.93. The highest BCUT2D eigenvalue weighted by Crippen LogP contribution is 2.30. The van der Waals surface area contributed by atoms with Crippen molar-refractivity contribution in [3.63, 3.8) is 0 Å². The summed E-state index contributed by atoms with van der Waals surface area (Å²) in [6, 6.07) is 5.99. The fourth-order valence-electron chi connectivity index (χ4n) is 1.93. The lowest BCUT2D eigenvalue weighted by Gasteiger charge is -2.28. The van der Waals surface area contributed by atoms with E-state index in [1.165, 1.54) is 0 Å². The van der Waals surface area contributed by atoms with E-state index in [-0.39, 0.29) is 18.6 Å². The van der Waals surface area contributed by atoms with Gasteiger partial charge in [-0.05, 0) is 32.4 Å². The van der Waals surface area contributed by atoms with E-state index >= 15 is 0 Å². The van der Waals surface area contributed by atoms with Crippen molar-refractivity contribution in [2.24, 2.45) is 5.92 Å². The molecule has 2 N–H and O–H groups in total. The van der Waals surface area contributed by atoms with E-state index < -0.39 is 5.60 Å². The quantitative estimate of drug-likeness (QED) is 0.773. The zero-order valence-corrected chi connectivity index (χ0v) is 14.1. The molecular formula is C17H29NO3. The third-order valence-corrected chi connectivity index (χ3v) is 3.96. The largest absolute Gasteiger partial charge is 0.497 e. The van der Waals surface area contributed by atoms with Crippen LogP contribution in [0.3, 0.4) is 0 Å². The third-order valence-electron chi connectivity index (χ3n) is 3.96. The molecule has 0 spiro atoms. The molecule has 0 aliphatic carbocycles. The Morgan fingerprint density at radius 1 is 1.29 bits per heavy atom. The zero-order chi connectivity index (χ0) is 16.0. The number of benzene rings is 1. The normalized spacial score (nSPS) is 15.6. The molecule has 1 aromatic rings. The molecule has 0 radical (unpaired) electrons. The Hall–Kier alpha value is -1.26. The second-order valence-corrected chi connectivity index (χ2v) is 5.98. The SMILES string of the molecule is CCNC(C)c1ccc(OC)cc1OCC(C)(O)C(C)C. The van der Waals surface area contributed by atoms with Gasteiger partial charge in [-0.25, -0.2) is 0 Å². The Bertz CT molecular complexity index is 444. The molecule has 4 nitrogen and oxygen atoms in total. The molecule has 0 aliphatic rings. The van der Waals surface area contributed by atoms with E-state index in [0.29, 0.717) is 0 Å². The molecule has 21 heavy (non-hydrogen) atoms. The van der Waals surface area contributed by atoms with Gasteiger partial charge in [0, 0.05) is 17.7 Å². The summed E-state index contributed by atoms with van der Waals surface area (Å²) >= 11 is 0. The predicted molar refractivity (Wildman–Crippen MR) is 86.0 cm³/mol. The third kappa shape index (κ3) is 4.90. The maximum Gasteiger partial charge on any atom is 0.127 e. The Morgan fingerprint density at radius 3 is 2.48 bits per heavy atom. The smallest absolute Gasteiger partial charge is 0.127 e. The summed E-state index contributed by atoms with van der Waals surface area (Å²) in [5.74, 6) is 1.63. The second-order valence-electron chi connectivity index (χ2n) is 5.98. The van der Waals surface area contributed by atoms with Crippen molar-refractivity contribution in [3.8, 4) is 11.5 Å². The van der Waals surface area contributed by atoms with Gasteiger partial charge in [-0.1, -0.05) is 26.8 Å². The van der Waals surface area contributed by atoms with Crippen LogP contribution in [0.25, 0.3) is 0 Å². The number of ether oxygens (including phenoxy) is 2. The first-order chi connectivity index (χ1) is 9.81. The molecule has 0 aromatic heterocycles. The molecule has 0 bridgehead atoms. The molecule has 0 saturated heterocycles. The monoisotopic (exact) mass is 295 g/mol. The molecule has 0 aliphatic heterocycles. The van der Waals surface area contributed by atoms with Crippen molar-refractivity contribution >= 4 is 0 Å². The Labute approximate surface area is 128 Å². The van der Waals surface area contributed by atoms with E-state index in [1.54, 1.807) is 14.0 Å². The van der Waals surface area contributed by atoms with Crippen molar-refractivity contribution in [2.75, 3.05) is 20.3 Å². The van der Waals surface area contributed by atoms with Crippen molar-refractivity contribution in [2.45, 2.75) is 46.3 Å². The highest BCUT2D eigenvalue weighted by atomic mass is 16.5. The Kier molecular flexibility index (Phi) is 6.49. The fraction of sp³-hybridized carbons (Fsp3) is 0.647. The van der Waals surface area contributed by atoms with E-state index in [0.717, 1.165) is 23.6 Å². The maximum atomic E-state index is 10.3. The molecule has 0 amide bonds. The minimum absolute atomic E-state index is 0.123. The first-order valence-electron chi connectivity index (χ1n) is 7.58. The minimum Gasteiger partial charge on any atom is -0.497 e. The van der Waals surface area contributed by atoms with Crippen LogP contribution in [0.15, 0.2) is 18.2 Å². The average molecular weight is 295 g/mol. The molecule has 2 unspecified atom stereocenters. The molecule has 1 rings (SSSR count). The van der Waals surface area contributed by atoms with Gasteiger partial charge < -0.3 is 19.9 Å². The van der Waals surface area contributed by atoms with Crippen molar-refractivity contribution < 1.29 is 14.6 Å². The van der Waals surface area contributed by atoms with E-state index in [2.05, 4.69) is 19.2 Å². The number of aliphatic hydroxyl groups is 1. The van der Waals surface area contributed by atoms with Crippen LogP contribution in [0.1, 0.15) is 46.2 Å². The summed E-state index contributed by atoms with van der Waals surface area (Å²) in [6.45, 7) is 11.1. The minimum atomic E-state index is -0.859. The number of rotatable bonds is 8. The van der Waals surface area contributed by atoms with E-state index in [9.17, 15) is 5.11 Å². The Morgan fingerprint density at radius 2 is 1.95 bits per heavy atom. The van der Waals surface area contributed by atoms with Crippen LogP contribution in [0.2, 0.25) is 0 Å². The summed E-state index contributed by atoms with van der Waals surface area (Å²) in [5.41, 5.74) is 0.208. The van der Waals surface area contributed by atoms with Gasteiger partial charge in [0.25, 0.3) is 0 Å². The molecule has 0 saturated carbocycles. The van der Waals surface area contributed by atoms with Crippen LogP contribution in [-0.2, 0) is 0 Å². The van der Waals surface area contributed by atoms with Gasteiger partial charge in [-0.2, -0.15) is 0 Å². The van der Waals surface area contributed by atoms with Gasteiger partial charge in [-0.3, -0.25) is 0 Å². The maximum absolute atomic E-state index is 10.3. The summed E-state index contributed by atoms with van der Waals surface area (Å²) in [6.07, 6.45) is 0. The highest BCUT2D eigenvalue weighted by molar-refractivity contribution is 5.42. The van der Waals surface area contributed by atoms with E-state index in [4.69, 9.17) is 9.47 Å². The molecule has 0 heterocycles. The standard InChI is InChI=1S/C17H29NO3/c1-7-18-13(4)15-9-8-14(20-6)10-16(15)21-11-17(5,19)12(2)3/h8-10,12-13,18-19H,7,11H2,1-6H3. The van der Waals surface area contributed by atoms with Crippen molar-refractivity contribution in [1.82, 2.24) is 5.32 Å². The Balaban J connectivity index is 2.96. The summed E-state index contributed by atoms with van der Waals surface area (Å²) in [7, 11) is 1.64. The lowest BCUT2D eigenvalue weighted by atomic mass is 9.93. The van der Waals surface area contributed by atoms with Crippen LogP contribution < -0.4 is 14.8 Å². The van der Waals surface area contributed by atoms with Crippen molar-refractivity contribution in [1.29, 1.82) is 0 Å². The van der Waals surface area contributed by atoms with Gasteiger partial charge in [0.2, 0.25) is 0 Å². The zero-order valence-electron chi connectivity index (χ0n) is 14.1. The van der Waals surface area contributed by atoms with Gasteiger partial charge in [0.1, 0.15) is 18.1 Å². The van der Waals surface area contributed by atoms with Gasteiger partial charge in [0.05, 0.1) is 12.7 Å². The molecule has 120 valence electrons. The molecule has 2 atom stereocenters. The number of methoxy groups -OCH3 is 1. The predicted octanol–water partition coefficient (Wildman–Crippen LogP) is 3.15. The van der Waals surface area contributed by atoms with Crippen LogP contribution in [0.4, 0.5) is 0 Å². The second kappa shape index (κ2) is 7.66. The van der Waals surface area contributed by atoms with Gasteiger partial charge in [0.15, 0.2) is 0 Å². The number of hydrogen-bond donors (Lipinski definition) is 2. The van der Waals surface area contributed by atoms with Crippen molar-refractivity contribution in [3.05, 3.63) is 23.8 Å². The highest BCUT2D eigenvalue weighted by Gasteiger charge is 2.26. The first kappa shape index (κ1) is 17.8. The molecule has 4 heteroatoms. The van der Waals surface area contributed by atoms with Crippen LogP contribution in [0.5, 0.6) is 11.5 Å². The lowest BCUT2D eigenvalue weighted by molar-refractivity contribution is -0.0270. The first-order valence-corrected chi connectivity index (χ1v) is 7.58. The van der Waals surface area contributed by atoms with Gasteiger partial charge in [-0.15, -0.1) is 0 Å². The number of hydrogen-bond acceptors (Lipinski definition) is 4. The van der Waals surface area contributed by atoms with Gasteiger partial charge >= 0.3 is 0 Å². The summed E-state index contributed by atoms with van der Waals surface area (Å²) in [4.78, 5) is 0. The summed E-state index contributed by atoms with van der Waals surface area (Å²) in [5, 5.41) is 13.7. The van der Waals surface area contributed by atoms with Crippen LogP contribution in [0, 0.1) is 5.92 Å². The lowest BCUT2D eigenvalue weighted by Crippen LogP contribution is -2.38. The van der Waals surface area contributed by atoms with E-state index in [1.807, 2.05) is 32.0 Å². The molecular weight excluding hydrogens is 266 g/mol. The summed E-state index contributed by atoms with van der Waals surface area (Å²) < 4.78 is 11.2.